The van der Waals surface area contributed by atoms with E-state index < -0.39 is 5.60 Å². The predicted molar refractivity (Wildman–Crippen MR) is 82.9 cm³/mol. The first-order valence-electron chi connectivity index (χ1n) is 6.60. The molecule has 0 aromatic carbocycles. The highest BCUT2D eigenvalue weighted by Crippen LogP contribution is 2.16. The number of rotatable bonds is 6. The van der Waals surface area contributed by atoms with Crippen molar-refractivity contribution in [2.45, 2.75) is 39.4 Å². The molecule has 0 spiro atoms. The van der Waals surface area contributed by atoms with Gasteiger partial charge in [0.1, 0.15) is 5.60 Å². The number of amides is 1. The first kappa shape index (κ1) is 16.7. The number of nitrogens with one attached hydrogen (secondary N) is 1. The molecule has 112 valence electrons. The number of hydrogen-bond donors (Lipinski definition) is 1. The number of alkyl carbamates (subject to hydrolysis) is 1. The molecule has 1 amide bonds. The first-order valence-corrected chi connectivity index (χ1v) is 7.48. The summed E-state index contributed by atoms with van der Waals surface area (Å²) in [6.07, 6.45) is 4.49. The van der Waals surface area contributed by atoms with Crippen LogP contribution in [-0.2, 0) is 16.1 Å². The lowest BCUT2D eigenvalue weighted by molar-refractivity contribution is 0.0529. The van der Waals surface area contributed by atoms with Crippen LogP contribution >= 0.6 is 11.3 Å². The van der Waals surface area contributed by atoms with Crippen molar-refractivity contribution in [2.24, 2.45) is 0 Å². The molecule has 5 heteroatoms. The quantitative estimate of drug-likeness (QED) is 0.812. The van der Waals surface area contributed by atoms with Crippen molar-refractivity contribution in [3.63, 3.8) is 0 Å². The van der Waals surface area contributed by atoms with Gasteiger partial charge in [-0.05, 0) is 44.2 Å². The van der Waals surface area contributed by atoms with Gasteiger partial charge in [-0.2, -0.15) is 0 Å². The largest absolute Gasteiger partial charge is 0.444 e. The van der Waals surface area contributed by atoms with Crippen molar-refractivity contribution in [2.75, 3.05) is 13.7 Å². The monoisotopic (exact) mass is 297 g/mol. The molecule has 0 unspecified atom stereocenters. The summed E-state index contributed by atoms with van der Waals surface area (Å²) < 4.78 is 10.2. The van der Waals surface area contributed by atoms with Crippen LogP contribution in [0.25, 0.3) is 6.08 Å². The van der Waals surface area contributed by atoms with E-state index in [2.05, 4.69) is 16.8 Å². The van der Waals surface area contributed by atoms with Crippen molar-refractivity contribution in [1.29, 1.82) is 0 Å². The maximum atomic E-state index is 11.4. The molecule has 20 heavy (non-hydrogen) atoms. The van der Waals surface area contributed by atoms with Gasteiger partial charge in [-0.1, -0.05) is 12.2 Å². The Morgan fingerprint density at radius 2 is 2.20 bits per heavy atom. The summed E-state index contributed by atoms with van der Waals surface area (Å²) in [7, 11) is 1.69. The smallest absolute Gasteiger partial charge is 0.407 e. The summed E-state index contributed by atoms with van der Waals surface area (Å²) >= 11 is 1.68. The highest BCUT2D eigenvalue weighted by molar-refractivity contribution is 7.10. The van der Waals surface area contributed by atoms with Gasteiger partial charge < -0.3 is 14.8 Å². The number of carbonyl (C=O) groups excluding carboxylic acids is 1. The fourth-order valence-corrected chi connectivity index (χ4v) is 2.32. The number of thiophene rings is 1. The third-order valence-corrected chi connectivity index (χ3v) is 3.18. The summed E-state index contributed by atoms with van der Waals surface area (Å²) in [5.41, 5.74) is 0.716. The van der Waals surface area contributed by atoms with Crippen LogP contribution in [0.1, 0.15) is 37.6 Å². The molecule has 0 saturated carbocycles. The molecule has 0 radical (unpaired) electrons. The number of methoxy groups -OCH3 is 1. The van der Waals surface area contributed by atoms with E-state index in [1.54, 1.807) is 18.4 Å². The molecular weight excluding hydrogens is 274 g/mol. The van der Waals surface area contributed by atoms with Crippen LogP contribution in [0.4, 0.5) is 4.79 Å². The summed E-state index contributed by atoms with van der Waals surface area (Å²) in [6.45, 7) is 6.77. The van der Waals surface area contributed by atoms with E-state index in [9.17, 15) is 4.79 Å². The molecule has 1 aromatic heterocycles. The standard InChI is InChI=1S/C15H23NO3S/c1-15(2,3)19-14(17)16-8-6-5-7-12-9-13(10-18-4)20-11-12/h5,7,9,11H,6,8,10H2,1-4H3,(H,16,17). The number of carbonyl (C=O) groups is 1. The fourth-order valence-electron chi connectivity index (χ4n) is 1.49. The third kappa shape index (κ3) is 7.31. The third-order valence-electron chi connectivity index (χ3n) is 2.25. The van der Waals surface area contributed by atoms with Crippen LogP contribution in [0, 0.1) is 0 Å². The summed E-state index contributed by atoms with van der Waals surface area (Å²) in [5.74, 6) is 0. The zero-order valence-electron chi connectivity index (χ0n) is 12.6. The Bertz CT molecular complexity index is 446. The maximum Gasteiger partial charge on any atom is 0.407 e. The van der Waals surface area contributed by atoms with Crippen molar-refractivity contribution in [1.82, 2.24) is 5.32 Å². The Labute approximate surface area is 124 Å². The van der Waals surface area contributed by atoms with Crippen LogP contribution in [0.5, 0.6) is 0 Å². The minimum atomic E-state index is -0.450. The Balaban J connectivity index is 2.23. The lowest BCUT2D eigenvalue weighted by Crippen LogP contribution is -2.32. The SMILES string of the molecule is COCc1cc(C=CCCNC(=O)OC(C)(C)C)cs1. The molecule has 1 heterocycles. The molecule has 0 aliphatic rings. The van der Waals surface area contributed by atoms with E-state index in [1.807, 2.05) is 32.9 Å². The van der Waals surface area contributed by atoms with Gasteiger partial charge in [0.2, 0.25) is 0 Å². The van der Waals surface area contributed by atoms with E-state index in [4.69, 9.17) is 9.47 Å². The van der Waals surface area contributed by atoms with Crippen LogP contribution in [0.15, 0.2) is 17.5 Å². The Morgan fingerprint density at radius 3 is 2.85 bits per heavy atom. The topological polar surface area (TPSA) is 47.6 Å². The van der Waals surface area contributed by atoms with Gasteiger partial charge in [-0.25, -0.2) is 4.79 Å². The second-order valence-corrected chi connectivity index (χ2v) is 6.39. The highest BCUT2D eigenvalue weighted by atomic mass is 32.1. The Morgan fingerprint density at radius 1 is 1.45 bits per heavy atom. The lowest BCUT2D eigenvalue weighted by Gasteiger charge is -2.19. The molecule has 0 aliphatic carbocycles. The minimum absolute atomic E-state index is 0.371. The molecular formula is C15H23NO3S. The molecule has 1 N–H and O–H groups in total. The molecule has 0 bridgehead atoms. The van der Waals surface area contributed by atoms with E-state index in [0.29, 0.717) is 13.2 Å². The summed E-state index contributed by atoms with van der Waals surface area (Å²) in [5, 5.41) is 4.81. The number of ether oxygens (including phenoxy) is 2. The van der Waals surface area contributed by atoms with Crippen LogP contribution in [0.2, 0.25) is 0 Å². The Kier molecular flexibility index (Phi) is 6.75. The summed E-state index contributed by atoms with van der Waals surface area (Å²) in [6, 6.07) is 2.10. The zero-order chi connectivity index (χ0) is 15.0. The van der Waals surface area contributed by atoms with Gasteiger partial charge in [0.25, 0.3) is 0 Å². The van der Waals surface area contributed by atoms with Crippen molar-refractivity contribution in [3.8, 4) is 0 Å². The average molecular weight is 297 g/mol. The van der Waals surface area contributed by atoms with Crippen molar-refractivity contribution in [3.05, 3.63) is 28.0 Å². The van der Waals surface area contributed by atoms with Crippen LogP contribution in [-0.4, -0.2) is 25.3 Å². The van der Waals surface area contributed by atoms with Gasteiger partial charge in [0.15, 0.2) is 0 Å². The van der Waals surface area contributed by atoms with E-state index in [1.165, 1.54) is 10.4 Å². The van der Waals surface area contributed by atoms with E-state index in [-0.39, 0.29) is 6.09 Å². The maximum absolute atomic E-state index is 11.4. The second kappa shape index (κ2) is 8.07. The number of hydrogen-bond acceptors (Lipinski definition) is 4. The van der Waals surface area contributed by atoms with Gasteiger partial charge in [0, 0.05) is 18.5 Å². The second-order valence-electron chi connectivity index (χ2n) is 5.40. The van der Waals surface area contributed by atoms with Gasteiger partial charge in [-0.15, -0.1) is 11.3 Å². The molecule has 0 fully saturated rings. The fraction of sp³-hybridized carbons (Fsp3) is 0.533. The van der Waals surface area contributed by atoms with E-state index in [0.717, 1.165) is 6.42 Å². The van der Waals surface area contributed by atoms with Crippen LogP contribution in [0.3, 0.4) is 0 Å². The lowest BCUT2D eigenvalue weighted by atomic mass is 10.2. The normalized spacial score (nSPS) is 11.8. The van der Waals surface area contributed by atoms with Crippen molar-refractivity contribution < 1.29 is 14.3 Å². The van der Waals surface area contributed by atoms with Gasteiger partial charge in [-0.3, -0.25) is 0 Å². The highest BCUT2D eigenvalue weighted by Gasteiger charge is 2.15. The minimum Gasteiger partial charge on any atom is -0.444 e. The first-order chi connectivity index (χ1) is 9.40. The molecule has 0 atom stereocenters. The molecule has 1 aromatic rings. The molecule has 1 rings (SSSR count). The molecule has 0 saturated heterocycles. The summed E-state index contributed by atoms with van der Waals surface area (Å²) in [4.78, 5) is 12.6. The van der Waals surface area contributed by atoms with Gasteiger partial charge >= 0.3 is 6.09 Å². The molecule has 4 nitrogen and oxygen atoms in total. The molecule has 0 aliphatic heterocycles. The Hall–Kier alpha value is -1.33. The average Bonchev–Trinajstić information content (AvgIpc) is 2.74. The van der Waals surface area contributed by atoms with Gasteiger partial charge in [0.05, 0.1) is 6.61 Å². The van der Waals surface area contributed by atoms with Crippen LogP contribution < -0.4 is 5.32 Å². The predicted octanol–water partition coefficient (Wildman–Crippen LogP) is 3.82. The zero-order valence-corrected chi connectivity index (χ0v) is 13.4. The van der Waals surface area contributed by atoms with Crippen molar-refractivity contribution >= 4 is 23.5 Å². The van der Waals surface area contributed by atoms with E-state index >= 15 is 0 Å².